The summed E-state index contributed by atoms with van der Waals surface area (Å²) in [6.45, 7) is 7.96. The molecule has 0 radical (unpaired) electrons. The van der Waals surface area contributed by atoms with E-state index in [0.717, 1.165) is 16.5 Å². The van der Waals surface area contributed by atoms with E-state index in [1.54, 1.807) is 37.3 Å². The number of amides is 1. The topological polar surface area (TPSA) is 102 Å². The lowest BCUT2D eigenvalue weighted by Gasteiger charge is -2.22. The van der Waals surface area contributed by atoms with Crippen LogP contribution in [0.2, 0.25) is 0 Å². The molecule has 0 aliphatic carbocycles. The second kappa shape index (κ2) is 10.0. The zero-order chi connectivity index (χ0) is 27.0. The number of fused-ring (bicyclic) bond motifs is 1. The van der Waals surface area contributed by atoms with Crippen LogP contribution in [-0.4, -0.2) is 44.1 Å². The SMILES string of the molecule is CC(O)CNC(=O)c1[nH]c2ccc(N(C)S(=O)(=O)c3ccc(C(C)(C)C)cc3)cc2c1-c1ccccc1. The van der Waals surface area contributed by atoms with Crippen LogP contribution in [0.15, 0.2) is 77.7 Å². The minimum atomic E-state index is -3.81. The molecule has 7 nitrogen and oxygen atoms in total. The maximum absolute atomic E-state index is 13.5. The Morgan fingerprint density at radius 1 is 1.03 bits per heavy atom. The molecule has 194 valence electrons. The fourth-order valence-corrected chi connectivity index (χ4v) is 5.39. The molecule has 0 aliphatic rings. The number of carbonyl (C=O) groups is 1. The number of aromatic nitrogens is 1. The van der Waals surface area contributed by atoms with E-state index in [2.05, 4.69) is 31.1 Å². The number of nitrogens with one attached hydrogen (secondary N) is 2. The Labute approximate surface area is 218 Å². The Hall–Kier alpha value is -3.62. The third kappa shape index (κ3) is 5.40. The molecule has 0 bridgehead atoms. The molecular formula is C29H33N3O4S. The van der Waals surface area contributed by atoms with Crippen molar-refractivity contribution < 1.29 is 18.3 Å². The molecular weight excluding hydrogens is 486 g/mol. The van der Waals surface area contributed by atoms with E-state index >= 15 is 0 Å². The van der Waals surface area contributed by atoms with Crippen LogP contribution in [0.25, 0.3) is 22.0 Å². The van der Waals surface area contributed by atoms with Crippen molar-refractivity contribution in [2.75, 3.05) is 17.9 Å². The summed E-state index contributed by atoms with van der Waals surface area (Å²) in [5.41, 5.74) is 3.97. The lowest BCUT2D eigenvalue weighted by Crippen LogP contribution is -2.31. The summed E-state index contributed by atoms with van der Waals surface area (Å²) >= 11 is 0. The first kappa shape index (κ1) is 26.4. The standard InChI is InChI=1S/C29H33N3O4S/c1-19(33)18-30-28(34)27-26(20-9-7-6-8-10-20)24-17-22(13-16-25(24)31-27)32(5)37(35,36)23-14-11-21(12-15-23)29(2,3)4/h6-17,19,31,33H,18H2,1-5H3,(H,30,34). The van der Waals surface area contributed by atoms with Crippen LogP contribution in [0.4, 0.5) is 5.69 Å². The van der Waals surface area contributed by atoms with E-state index in [4.69, 9.17) is 0 Å². The number of H-pyrrole nitrogens is 1. The number of rotatable bonds is 7. The molecule has 3 N–H and O–H groups in total. The number of anilines is 1. The largest absolute Gasteiger partial charge is 0.392 e. The number of aromatic amines is 1. The van der Waals surface area contributed by atoms with Crippen molar-refractivity contribution >= 4 is 32.5 Å². The van der Waals surface area contributed by atoms with Gasteiger partial charge < -0.3 is 15.4 Å². The van der Waals surface area contributed by atoms with Gasteiger partial charge in [0, 0.05) is 30.1 Å². The Morgan fingerprint density at radius 3 is 2.27 bits per heavy atom. The van der Waals surface area contributed by atoms with Gasteiger partial charge in [-0.05, 0) is 53.8 Å². The molecule has 3 aromatic carbocycles. The van der Waals surface area contributed by atoms with Gasteiger partial charge in [0.05, 0.1) is 16.7 Å². The number of benzene rings is 3. The van der Waals surface area contributed by atoms with Crippen LogP contribution in [0, 0.1) is 0 Å². The molecule has 0 saturated carbocycles. The van der Waals surface area contributed by atoms with Crippen LogP contribution in [0.3, 0.4) is 0 Å². The number of hydrogen-bond acceptors (Lipinski definition) is 4. The highest BCUT2D eigenvalue weighted by Crippen LogP contribution is 2.36. The Bertz CT molecular complexity index is 1520. The fourth-order valence-electron chi connectivity index (χ4n) is 4.20. The van der Waals surface area contributed by atoms with E-state index in [0.29, 0.717) is 22.5 Å². The normalized spacial score (nSPS) is 12.9. The number of aliphatic hydroxyl groups is 1. The van der Waals surface area contributed by atoms with Gasteiger partial charge in [0.25, 0.3) is 15.9 Å². The molecule has 0 spiro atoms. The van der Waals surface area contributed by atoms with Gasteiger partial charge in [-0.25, -0.2) is 8.42 Å². The predicted octanol–water partition coefficient (Wildman–Crippen LogP) is 5.07. The Kier molecular flexibility index (Phi) is 7.17. The van der Waals surface area contributed by atoms with Crippen LogP contribution >= 0.6 is 0 Å². The summed E-state index contributed by atoms with van der Waals surface area (Å²) in [6, 6.07) is 21.7. The number of hydrogen-bond donors (Lipinski definition) is 3. The van der Waals surface area contributed by atoms with Crippen molar-refractivity contribution in [1.82, 2.24) is 10.3 Å². The Morgan fingerprint density at radius 2 is 1.68 bits per heavy atom. The molecule has 4 aromatic rings. The van der Waals surface area contributed by atoms with E-state index in [-0.39, 0.29) is 22.8 Å². The van der Waals surface area contributed by atoms with Gasteiger partial charge in [-0.15, -0.1) is 0 Å². The molecule has 0 aliphatic heterocycles. The van der Waals surface area contributed by atoms with Crippen LogP contribution in [0.5, 0.6) is 0 Å². The van der Waals surface area contributed by atoms with Crippen LogP contribution in [-0.2, 0) is 15.4 Å². The quantitative estimate of drug-likeness (QED) is 0.317. The lowest BCUT2D eigenvalue weighted by molar-refractivity contribution is 0.0920. The molecule has 37 heavy (non-hydrogen) atoms. The molecule has 4 rings (SSSR count). The van der Waals surface area contributed by atoms with Crippen molar-refractivity contribution in [3.8, 4) is 11.1 Å². The molecule has 1 aromatic heterocycles. The highest BCUT2D eigenvalue weighted by atomic mass is 32.2. The second-order valence-electron chi connectivity index (χ2n) is 10.3. The summed E-state index contributed by atoms with van der Waals surface area (Å²) < 4.78 is 28.2. The van der Waals surface area contributed by atoms with E-state index in [1.807, 2.05) is 42.5 Å². The lowest BCUT2D eigenvalue weighted by atomic mass is 9.87. The Balaban J connectivity index is 1.78. The summed E-state index contributed by atoms with van der Waals surface area (Å²) in [5.74, 6) is -0.350. The van der Waals surface area contributed by atoms with E-state index < -0.39 is 16.1 Å². The summed E-state index contributed by atoms with van der Waals surface area (Å²) in [4.78, 5) is 16.4. The second-order valence-corrected chi connectivity index (χ2v) is 12.2. The summed E-state index contributed by atoms with van der Waals surface area (Å²) in [6.07, 6.45) is -0.684. The maximum Gasteiger partial charge on any atom is 0.268 e. The highest BCUT2D eigenvalue weighted by molar-refractivity contribution is 7.92. The van der Waals surface area contributed by atoms with Crippen LogP contribution in [0.1, 0.15) is 43.7 Å². The number of nitrogens with zero attached hydrogens (tertiary/aromatic N) is 1. The fraction of sp³-hybridized carbons (Fsp3) is 0.276. The zero-order valence-corrected chi connectivity index (χ0v) is 22.6. The molecule has 0 fully saturated rings. The summed E-state index contributed by atoms with van der Waals surface area (Å²) in [5, 5.41) is 13.1. The first-order chi connectivity index (χ1) is 17.4. The van der Waals surface area contributed by atoms with Gasteiger partial charge in [-0.3, -0.25) is 9.10 Å². The van der Waals surface area contributed by atoms with Crippen molar-refractivity contribution in [3.05, 3.63) is 84.1 Å². The van der Waals surface area contributed by atoms with Gasteiger partial charge in [-0.2, -0.15) is 0 Å². The number of carbonyl (C=O) groups excluding carboxylic acids is 1. The minimum absolute atomic E-state index is 0.0828. The molecule has 1 atom stereocenters. The number of sulfonamides is 1. The third-order valence-electron chi connectivity index (χ3n) is 6.37. The molecule has 1 heterocycles. The average molecular weight is 520 g/mol. The zero-order valence-electron chi connectivity index (χ0n) is 21.7. The van der Waals surface area contributed by atoms with E-state index in [1.165, 1.54) is 11.4 Å². The van der Waals surface area contributed by atoms with Crippen molar-refractivity contribution in [3.63, 3.8) is 0 Å². The van der Waals surface area contributed by atoms with E-state index in [9.17, 15) is 18.3 Å². The van der Waals surface area contributed by atoms with Gasteiger partial charge in [0.2, 0.25) is 0 Å². The van der Waals surface area contributed by atoms with Crippen molar-refractivity contribution in [1.29, 1.82) is 0 Å². The molecule has 1 unspecified atom stereocenters. The van der Waals surface area contributed by atoms with Crippen molar-refractivity contribution in [2.45, 2.75) is 44.1 Å². The smallest absolute Gasteiger partial charge is 0.268 e. The first-order valence-electron chi connectivity index (χ1n) is 12.2. The van der Waals surface area contributed by atoms with Crippen LogP contribution < -0.4 is 9.62 Å². The molecule has 1 amide bonds. The summed E-state index contributed by atoms with van der Waals surface area (Å²) in [7, 11) is -2.28. The first-order valence-corrected chi connectivity index (χ1v) is 13.6. The third-order valence-corrected chi connectivity index (χ3v) is 8.17. The molecule has 0 saturated heterocycles. The average Bonchev–Trinajstić information content (AvgIpc) is 3.25. The van der Waals surface area contributed by atoms with Gasteiger partial charge in [0.1, 0.15) is 5.69 Å². The number of aliphatic hydroxyl groups excluding tert-OH is 1. The molecule has 8 heteroatoms. The minimum Gasteiger partial charge on any atom is -0.392 e. The van der Waals surface area contributed by atoms with Gasteiger partial charge >= 0.3 is 0 Å². The predicted molar refractivity (Wildman–Crippen MR) is 148 cm³/mol. The highest BCUT2D eigenvalue weighted by Gasteiger charge is 2.25. The monoisotopic (exact) mass is 519 g/mol. The van der Waals surface area contributed by atoms with Gasteiger partial charge in [0.15, 0.2) is 0 Å². The maximum atomic E-state index is 13.5. The van der Waals surface area contributed by atoms with Crippen molar-refractivity contribution in [2.24, 2.45) is 0 Å². The van der Waals surface area contributed by atoms with Gasteiger partial charge in [-0.1, -0.05) is 63.2 Å².